The van der Waals surface area contributed by atoms with Gasteiger partial charge in [0.1, 0.15) is 11.9 Å². The largest absolute Gasteiger partial charge is 0.496 e. The van der Waals surface area contributed by atoms with E-state index in [1.807, 2.05) is 0 Å². The van der Waals surface area contributed by atoms with Crippen LogP contribution in [0.5, 0.6) is 5.75 Å². The van der Waals surface area contributed by atoms with Crippen molar-refractivity contribution in [3.05, 3.63) is 22.7 Å². The SMILES string of the molecule is COc1cc(N)c(Cl)cc1C(=O)N[C@@H]1CCN(CCCCCC(=O)O[C@H]2CN3CCC2CC3)CC1C. The lowest BCUT2D eigenvalue weighted by Crippen LogP contribution is -2.51. The number of likely N-dealkylation sites (tertiary alicyclic amines) is 1. The van der Waals surface area contributed by atoms with Gasteiger partial charge in [0.15, 0.2) is 0 Å². The molecule has 3 N–H and O–H groups in total. The van der Waals surface area contributed by atoms with Crippen molar-refractivity contribution < 1.29 is 19.1 Å². The Morgan fingerprint density at radius 3 is 2.56 bits per heavy atom. The second kappa shape index (κ2) is 12.5. The minimum absolute atomic E-state index is 0.0297. The van der Waals surface area contributed by atoms with E-state index < -0.39 is 0 Å². The molecule has 1 unspecified atom stereocenters. The Labute approximate surface area is 219 Å². The Morgan fingerprint density at radius 2 is 1.89 bits per heavy atom. The topological polar surface area (TPSA) is 97.1 Å². The van der Waals surface area contributed by atoms with Gasteiger partial charge >= 0.3 is 5.97 Å². The molecule has 1 amide bonds. The van der Waals surface area contributed by atoms with Crippen molar-refractivity contribution in [3.63, 3.8) is 0 Å². The standard InChI is InChI=1S/C27H41ClN4O4/c1-18-16-31(10-5-3-4-6-26(33)36-25-17-32-11-7-19(25)8-12-32)13-9-23(18)30-27(34)20-14-21(28)22(29)15-24(20)35-2/h14-15,18-19,23,25H,3-13,16-17,29H2,1-2H3,(H,30,34)/t18?,23-,25+/m1/s1. The lowest BCUT2D eigenvalue weighted by atomic mass is 9.86. The zero-order chi connectivity index (χ0) is 25.7. The highest BCUT2D eigenvalue weighted by Crippen LogP contribution is 2.31. The number of esters is 1. The van der Waals surface area contributed by atoms with Gasteiger partial charge in [0.25, 0.3) is 5.91 Å². The maximum Gasteiger partial charge on any atom is 0.306 e. The Kier molecular flexibility index (Phi) is 9.36. The van der Waals surface area contributed by atoms with E-state index in [4.69, 9.17) is 26.8 Å². The van der Waals surface area contributed by atoms with Gasteiger partial charge in [0, 0.05) is 38.2 Å². The van der Waals surface area contributed by atoms with Gasteiger partial charge in [0.05, 0.1) is 23.4 Å². The Morgan fingerprint density at radius 1 is 1.11 bits per heavy atom. The third-order valence-corrected chi connectivity index (χ3v) is 8.43. The van der Waals surface area contributed by atoms with E-state index >= 15 is 0 Å². The molecule has 4 fully saturated rings. The minimum Gasteiger partial charge on any atom is -0.496 e. The van der Waals surface area contributed by atoms with Crippen LogP contribution < -0.4 is 15.8 Å². The monoisotopic (exact) mass is 520 g/mol. The van der Waals surface area contributed by atoms with E-state index in [9.17, 15) is 9.59 Å². The number of nitrogens with two attached hydrogens (primary N) is 1. The number of hydrogen-bond acceptors (Lipinski definition) is 7. The number of halogens is 1. The summed E-state index contributed by atoms with van der Waals surface area (Å²) in [6, 6.07) is 3.24. The van der Waals surface area contributed by atoms with Crippen LogP contribution in [-0.2, 0) is 9.53 Å². The first-order chi connectivity index (χ1) is 17.3. The molecular formula is C27H41ClN4O4. The van der Waals surface area contributed by atoms with Crippen molar-refractivity contribution in [2.45, 2.75) is 64.0 Å². The normalized spacial score (nSPS) is 28.0. The molecule has 0 aliphatic carbocycles. The van der Waals surface area contributed by atoms with Gasteiger partial charge in [-0.25, -0.2) is 0 Å². The number of fused-ring (bicyclic) bond motifs is 3. The smallest absolute Gasteiger partial charge is 0.306 e. The highest BCUT2D eigenvalue weighted by molar-refractivity contribution is 6.33. The van der Waals surface area contributed by atoms with Crippen molar-refractivity contribution in [3.8, 4) is 5.75 Å². The molecule has 36 heavy (non-hydrogen) atoms. The fourth-order valence-electron chi connectivity index (χ4n) is 5.86. The van der Waals surface area contributed by atoms with Crippen molar-refractivity contribution in [2.24, 2.45) is 11.8 Å². The summed E-state index contributed by atoms with van der Waals surface area (Å²) in [5, 5.41) is 3.50. The van der Waals surface area contributed by atoms with Crippen molar-refractivity contribution in [2.75, 3.05) is 52.1 Å². The molecule has 4 saturated heterocycles. The van der Waals surface area contributed by atoms with Gasteiger partial charge in [-0.1, -0.05) is 24.9 Å². The van der Waals surface area contributed by atoms with Gasteiger partial charge in [0.2, 0.25) is 0 Å². The van der Waals surface area contributed by atoms with Crippen molar-refractivity contribution in [1.29, 1.82) is 0 Å². The molecule has 0 saturated carbocycles. The maximum absolute atomic E-state index is 12.9. The number of nitrogens with zero attached hydrogens (tertiary/aromatic N) is 2. The zero-order valence-electron chi connectivity index (χ0n) is 21.6. The van der Waals surface area contributed by atoms with Crippen molar-refractivity contribution in [1.82, 2.24) is 15.1 Å². The Balaban J connectivity index is 1.12. The summed E-state index contributed by atoms with van der Waals surface area (Å²) in [7, 11) is 1.52. The summed E-state index contributed by atoms with van der Waals surface area (Å²) < 4.78 is 11.1. The summed E-state index contributed by atoms with van der Waals surface area (Å²) in [5.74, 6) is 1.10. The van der Waals surface area contributed by atoms with Crippen LogP contribution in [0, 0.1) is 11.8 Å². The van der Waals surface area contributed by atoms with E-state index in [0.717, 1.165) is 65.0 Å². The second-order valence-electron chi connectivity index (χ2n) is 10.7. The Hall–Kier alpha value is -2.03. The number of unbranched alkanes of at least 4 members (excludes halogenated alkanes) is 2. The first-order valence-corrected chi connectivity index (χ1v) is 13.8. The van der Waals surface area contributed by atoms with Crippen molar-refractivity contribution >= 4 is 29.2 Å². The summed E-state index contributed by atoms with van der Waals surface area (Å²) in [5.41, 5.74) is 6.62. The number of benzene rings is 1. The summed E-state index contributed by atoms with van der Waals surface area (Å²) in [4.78, 5) is 30.1. The molecule has 1 aromatic rings. The van der Waals surface area contributed by atoms with Crippen LogP contribution >= 0.6 is 11.6 Å². The number of rotatable bonds is 10. The summed E-state index contributed by atoms with van der Waals surface area (Å²) in [6.07, 6.45) is 6.84. The molecule has 0 spiro atoms. The number of piperidine rings is 4. The van der Waals surface area contributed by atoms with Crippen LogP contribution in [0.1, 0.15) is 62.2 Å². The molecule has 3 atom stereocenters. The molecule has 2 bridgehead atoms. The second-order valence-corrected chi connectivity index (χ2v) is 11.1. The lowest BCUT2D eigenvalue weighted by molar-refractivity contribution is -0.158. The third kappa shape index (κ3) is 6.84. The third-order valence-electron chi connectivity index (χ3n) is 8.10. The molecule has 4 heterocycles. The first-order valence-electron chi connectivity index (χ1n) is 13.4. The molecule has 4 aliphatic rings. The minimum atomic E-state index is -0.191. The number of amides is 1. The van der Waals surface area contributed by atoms with E-state index in [-0.39, 0.29) is 24.0 Å². The van der Waals surface area contributed by atoms with Gasteiger partial charge in [-0.3, -0.25) is 14.5 Å². The molecule has 200 valence electrons. The summed E-state index contributed by atoms with van der Waals surface area (Å²) >= 11 is 6.13. The molecule has 5 rings (SSSR count). The van der Waals surface area contributed by atoms with Gasteiger partial charge in [-0.15, -0.1) is 0 Å². The van der Waals surface area contributed by atoms with Crippen LogP contribution in [0.4, 0.5) is 5.69 Å². The molecule has 9 heteroatoms. The van der Waals surface area contributed by atoms with Crippen LogP contribution in [0.3, 0.4) is 0 Å². The van der Waals surface area contributed by atoms with Gasteiger partial charge in [-0.05, 0) is 69.6 Å². The molecule has 0 radical (unpaired) electrons. The van der Waals surface area contributed by atoms with E-state index in [1.165, 1.54) is 20.0 Å². The molecule has 4 aliphatic heterocycles. The summed E-state index contributed by atoms with van der Waals surface area (Å²) in [6.45, 7) is 8.31. The predicted octanol–water partition coefficient (Wildman–Crippen LogP) is 3.57. The number of carbonyl (C=O) groups excluding carboxylic acids is 2. The average Bonchev–Trinajstić information content (AvgIpc) is 2.87. The number of methoxy groups -OCH3 is 1. The number of nitrogen functional groups attached to an aromatic ring is 1. The van der Waals surface area contributed by atoms with Gasteiger partial charge in [-0.2, -0.15) is 0 Å². The zero-order valence-corrected chi connectivity index (χ0v) is 22.4. The number of ether oxygens (including phenoxy) is 2. The lowest BCUT2D eigenvalue weighted by Gasteiger charge is -2.43. The number of anilines is 1. The first kappa shape index (κ1) is 27.0. The highest BCUT2D eigenvalue weighted by Gasteiger charge is 2.36. The quantitative estimate of drug-likeness (QED) is 0.276. The number of carbonyl (C=O) groups is 2. The van der Waals surface area contributed by atoms with Crippen LogP contribution in [0.15, 0.2) is 12.1 Å². The fourth-order valence-corrected chi connectivity index (χ4v) is 6.03. The average molecular weight is 521 g/mol. The molecular weight excluding hydrogens is 480 g/mol. The van der Waals surface area contributed by atoms with Crippen LogP contribution in [0.25, 0.3) is 0 Å². The fraction of sp³-hybridized carbons (Fsp3) is 0.704. The van der Waals surface area contributed by atoms with Crippen LogP contribution in [-0.4, -0.2) is 80.2 Å². The highest BCUT2D eigenvalue weighted by atomic mass is 35.5. The van der Waals surface area contributed by atoms with E-state index in [2.05, 4.69) is 22.0 Å². The molecule has 8 nitrogen and oxygen atoms in total. The van der Waals surface area contributed by atoms with E-state index in [1.54, 1.807) is 12.1 Å². The molecule has 0 aromatic heterocycles. The molecule has 1 aromatic carbocycles. The number of nitrogens with one attached hydrogen (secondary N) is 1. The number of hydrogen-bond donors (Lipinski definition) is 2. The van der Waals surface area contributed by atoms with Gasteiger partial charge < -0.3 is 25.4 Å². The predicted molar refractivity (Wildman–Crippen MR) is 141 cm³/mol. The Bertz CT molecular complexity index is 921. The maximum atomic E-state index is 12.9. The van der Waals surface area contributed by atoms with Crippen LogP contribution in [0.2, 0.25) is 5.02 Å². The van der Waals surface area contributed by atoms with E-state index in [0.29, 0.717) is 40.3 Å².